The minimum atomic E-state index is -0.380. The highest BCUT2D eigenvalue weighted by molar-refractivity contribution is 7.99. The van der Waals surface area contributed by atoms with E-state index in [1.54, 1.807) is 18.2 Å². The molecule has 2 aromatic carbocycles. The highest BCUT2D eigenvalue weighted by atomic mass is 32.2. The number of ether oxygens (including phenoxy) is 1. The molecule has 0 aliphatic heterocycles. The number of hydrogen-bond donors (Lipinski definition) is 0. The number of aromatic nitrogens is 2. The Morgan fingerprint density at radius 2 is 1.77 bits per heavy atom. The summed E-state index contributed by atoms with van der Waals surface area (Å²) >= 11 is 1.37. The standard InChI is InChI=1S/C16H13FN2O2S/c17-14-9-5-4-8-13(14)15-18-19-16(21-15)22-11-10-20-12-6-2-1-3-7-12/h1-9H,10-11H2. The average Bonchev–Trinajstić information content (AvgIpc) is 3.02. The van der Waals surface area contributed by atoms with Gasteiger partial charge in [-0.1, -0.05) is 42.1 Å². The number of nitrogens with zero attached hydrogens (tertiary/aromatic N) is 2. The molecule has 0 amide bonds. The first-order valence-electron chi connectivity index (χ1n) is 6.72. The van der Waals surface area contributed by atoms with Crippen molar-refractivity contribution in [3.05, 3.63) is 60.4 Å². The van der Waals surface area contributed by atoms with Crippen molar-refractivity contribution in [1.29, 1.82) is 0 Å². The molecule has 6 heteroatoms. The zero-order valence-corrected chi connectivity index (χ0v) is 12.4. The van der Waals surface area contributed by atoms with E-state index in [-0.39, 0.29) is 11.7 Å². The third-order valence-corrected chi connectivity index (χ3v) is 3.61. The van der Waals surface area contributed by atoms with Crippen LogP contribution in [0.4, 0.5) is 4.39 Å². The van der Waals surface area contributed by atoms with Crippen molar-refractivity contribution in [2.24, 2.45) is 0 Å². The zero-order chi connectivity index (χ0) is 15.2. The van der Waals surface area contributed by atoms with Crippen LogP contribution in [0.5, 0.6) is 5.75 Å². The summed E-state index contributed by atoms with van der Waals surface area (Å²) in [6.07, 6.45) is 0. The normalized spacial score (nSPS) is 10.6. The summed E-state index contributed by atoms with van der Waals surface area (Å²) in [5, 5.41) is 8.17. The minimum absolute atomic E-state index is 0.185. The molecule has 0 atom stereocenters. The molecule has 0 bridgehead atoms. The smallest absolute Gasteiger partial charge is 0.276 e. The molecule has 0 saturated carbocycles. The Hall–Kier alpha value is -2.34. The molecule has 1 aromatic heterocycles. The average molecular weight is 316 g/mol. The first-order chi connectivity index (χ1) is 10.8. The fourth-order valence-electron chi connectivity index (χ4n) is 1.82. The van der Waals surface area contributed by atoms with Gasteiger partial charge in [-0.15, -0.1) is 10.2 Å². The molecule has 0 unspecified atom stereocenters. The minimum Gasteiger partial charge on any atom is -0.493 e. The van der Waals surface area contributed by atoms with Crippen LogP contribution in [-0.4, -0.2) is 22.6 Å². The van der Waals surface area contributed by atoms with Crippen molar-refractivity contribution in [1.82, 2.24) is 10.2 Å². The highest BCUT2D eigenvalue weighted by Crippen LogP contribution is 2.25. The topological polar surface area (TPSA) is 48.2 Å². The van der Waals surface area contributed by atoms with Gasteiger partial charge < -0.3 is 9.15 Å². The lowest BCUT2D eigenvalue weighted by atomic mass is 10.2. The van der Waals surface area contributed by atoms with Gasteiger partial charge in [-0.05, 0) is 24.3 Å². The zero-order valence-electron chi connectivity index (χ0n) is 11.6. The fourth-order valence-corrected chi connectivity index (χ4v) is 2.39. The summed E-state index contributed by atoms with van der Waals surface area (Å²) in [4.78, 5) is 0. The Kier molecular flexibility index (Phi) is 4.70. The van der Waals surface area contributed by atoms with Gasteiger partial charge in [-0.25, -0.2) is 4.39 Å². The number of benzene rings is 2. The molecule has 0 aliphatic carbocycles. The van der Waals surface area contributed by atoms with Crippen molar-refractivity contribution in [2.45, 2.75) is 5.22 Å². The maximum atomic E-state index is 13.6. The maximum Gasteiger partial charge on any atom is 0.276 e. The molecule has 0 saturated heterocycles. The van der Waals surface area contributed by atoms with Crippen molar-refractivity contribution in [2.75, 3.05) is 12.4 Å². The SMILES string of the molecule is Fc1ccccc1-c1nnc(SCCOc2ccccc2)o1. The molecule has 0 aliphatic rings. The third kappa shape index (κ3) is 3.65. The number of halogens is 1. The van der Waals surface area contributed by atoms with Crippen molar-refractivity contribution in [3.8, 4) is 17.2 Å². The van der Waals surface area contributed by atoms with Crippen LogP contribution in [0.3, 0.4) is 0 Å². The monoisotopic (exact) mass is 316 g/mol. The Bertz CT molecular complexity index is 734. The Labute approximate surface area is 131 Å². The molecule has 4 nitrogen and oxygen atoms in total. The number of thioether (sulfide) groups is 1. The summed E-state index contributed by atoms with van der Waals surface area (Å²) in [6.45, 7) is 0.520. The molecule has 22 heavy (non-hydrogen) atoms. The second-order valence-corrected chi connectivity index (χ2v) is 5.41. The lowest BCUT2D eigenvalue weighted by Gasteiger charge is -2.03. The summed E-state index contributed by atoms with van der Waals surface area (Å²) in [5.74, 6) is 1.29. The van der Waals surface area contributed by atoms with E-state index >= 15 is 0 Å². The predicted molar refractivity (Wildman–Crippen MR) is 82.4 cm³/mol. The van der Waals surface area contributed by atoms with Crippen LogP contribution in [-0.2, 0) is 0 Å². The van der Waals surface area contributed by atoms with Gasteiger partial charge in [0, 0.05) is 5.75 Å². The summed E-state index contributed by atoms with van der Waals surface area (Å²) < 4.78 is 24.6. The number of para-hydroxylation sites is 1. The Balaban J connectivity index is 1.53. The van der Waals surface area contributed by atoms with Gasteiger partial charge in [0.05, 0.1) is 12.2 Å². The van der Waals surface area contributed by atoms with Gasteiger partial charge in [-0.2, -0.15) is 0 Å². The van der Waals surface area contributed by atoms with Gasteiger partial charge in [0.25, 0.3) is 11.1 Å². The van der Waals surface area contributed by atoms with Gasteiger partial charge in [0.2, 0.25) is 0 Å². The predicted octanol–water partition coefficient (Wildman–Crippen LogP) is 4.05. The van der Waals surface area contributed by atoms with Crippen molar-refractivity contribution in [3.63, 3.8) is 0 Å². The lowest BCUT2D eigenvalue weighted by molar-refractivity contribution is 0.343. The maximum absolute atomic E-state index is 13.6. The van der Waals surface area contributed by atoms with Crippen LogP contribution in [0.25, 0.3) is 11.5 Å². The Morgan fingerprint density at radius 3 is 2.59 bits per heavy atom. The van der Waals surface area contributed by atoms with Gasteiger partial charge in [-0.3, -0.25) is 0 Å². The van der Waals surface area contributed by atoms with Crippen LogP contribution in [0.15, 0.2) is 64.2 Å². The van der Waals surface area contributed by atoms with Crippen molar-refractivity contribution < 1.29 is 13.5 Å². The largest absolute Gasteiger partial charge is 0.493 e. The third-order valence-electron chi connectivity index (χ3n) is 2.83. The molecule has 0 spiro atoms. The lowest BCUT2D eigenvalue weighted by Crippen LogP contribution is -1.99. The molecular weight excluding hydrogens is 303 g/mol. The van der Waals surface area contributed by atoms with E-state index in [4.69, 9.17) is 9.15 Å². The summed E-state index contributed by atoms with van der Waals surface area (Å²) in [5.41, 5.74) is 0.308. The molecule has 0 N–H and O–H groups in total. The number of rotatable bonds is 6. The second-order valence-electron chi connectivity index (χ2n) is 4.36. The molecule has 112 valence electrons. The molecule has 0 fully saturated rings. The van der Waals surface area contributed by atoms with E-state index in [0.717, 1.165) is 5.75 Å². The van der Waals surface area contributed by atoms with E-state index in [0.29, 0.717) is 23.1 Å². The molecule has 0 radical (unpaired) electrons. The van der Waals surface area contributed by atoms with Crippen LogP contribution in [0, 0.1) is 5.82 Å². The van der Waals surface area contributed by atoms with Crippen LogP contribution >= 0.6 is 11.8 Å². The molecule has 3 rings (SSSR count). The van der Waals surface area contributed by atoms with E-state index < -0.39 is 0 Å². The van der Waals surface area contributed by atoms with Crippen LogP contribution in [0.2, 0.25) is 0 Å². The van der Waals surface area contributed by atoms with Gasteiger partial charge in [0.15, 0.2) is 0 Å². The van der Waals surface area contributed by atoms with Gasteiger partial charge in [0.1, 0.15) is 11.6 Å². The van der Waals surface area contributed by atoms with E-state index in [1.807, 2.05) is 30.3 Å². The number of hydrogen-bond acceptors (Lipinski definition) is 5. The quantitative estimate of drug-likeness (QED) is 0.507. The molecule has 3 aromatic rings. The Morgan fingerprint density at radius 1 is 1.00 bits per heavy atom. The van der Waals surface area contributed by atoms with Crippen molar-refractivity contribution >= 4 is 11.8 Å². The molecular formula is C16H13FN2O2S. The van der Waals surface area contributed by atoms with E-state index in [2.05, 4.69) is 10.2 Å². The van der Waals surface area contributed by atoms with Crippen LogP contribution in [0.1, 0.15) is 0 Å². The molecule has 1 heterocycles. The first kappa shape index (κ1) is 14.6. The first-order valence-corrected chi connectivity index (χ1v) is 7.70. The fraction of sp³-hybridized carbons (Fsp3) is 0.125. The highest BCUT2D eigenvalue weighted by Gasteiger charge is 2.12. The van der Waals surface area contributed by atoms with E-state index in [1.165, 1.54) is 17.8 Å². The summed E-state index contributed by atoms with van der Waals surface area (Å²) in [6, 6.07) is 15.9. The van der Waals surface area contributed by atoms with Gasteiger partial charge >= 0.3 is 0 Å². The summed E-state index contributed by atoms with van der Waals surface area (Å²) in [7, 11) is 0. The van der Waals surface area contributed by atoms with Crippen LogP contribution < -0.4 is 4.74 Å². The second kappa shape index (κ2) is 7.09. The van der Waals surface area contributed by atoms with E-state index in [9.17, 15) is 4.39 Å².